The first-order valence-corrected chi connectivity index (χ1v) is 7.18. The molecule has 0 unspecified atom stereocenters. The molecule has 3 nitrogen and oxygen atoms in total. The number of carbonyl (C=O) groups is 1. The Morgan fingerprint density at radius 2 is 1.70 bits per heavy atom. The normalized spacial score (nSPS) is 17.8. The SMILES string of the molecule is NC(=O)C1(Oc2cccc3ccccc23)CCCCC1. The van der Waals surface area contributed by atoms with Crippen LogP contribution in [0, 0.1) is 0 Å². The Morgan fingerprint density at radius 3 is 2.45 bits per heavy atom. The van der Waals surface area contributed by atoms with E-state index in [1.165, 1.54) is 0 Å². The van der Waals surface area contributed by atoms with Crippen LogP contribution in [0.5, 0.6) is 5.75 Å². The van der Waals surface area contributed by atoms with E-state index in [0.717, 1.165) is 35.8 Å². The van der Waals surface area contributed by atoms with Gasteiger partial charge in [0.25, 0.3) is 5.91 Å². The molecule has 0 saturated heterocycles. The molecule has 0 heterocycles. The van der Waals surface area contributed by atoms with Gasteiger partial charge in [-0.15, -0.1) is 0 Å². The van der Waals surface area contributed by atoms with E-state index < -0.39 is 5.60 Å². The lowest BCUT2D eigenvalue weighted by atomic mass is 9.84. The number of primary amides is 1. The molecular formula is C17H19NO2. The number of benzene rings is 2. The second-order valence-corrected chi connectivity index (χ2v) is 5.50. The van der Waals surface area contributed by atoms with Crippen LogP contribution in [0.2, 0.25) is 0 Å². The van der Waals surface area contributed by atoms with E-state index in [0.29, 0.717) is 12.8 Å². The maximum absolute atomic E-state index is 11.9. The highest BCUT2D eigenvalue weighted by Crippen LogP contribution is 2.35. The Hall–Kier alpha value is -2.03. The minimum atomic E-state index is -0.831. The molecule has 0 atom stereocenters. The van der Waals surface area contributed by atoms with Crippen LogP contribution in [-0.2, 0) is 4.79 Å². The molecule has 0 radical (unpaired) electrons. The first kappa shape index (κ1) is 13.0. The van der Waals surface area contributed by atoms with E-state index in [9.17, 15) is 4.79 Å². The summed E-state index contributed by atoms with van der Waals surface area (Å²) in [6.45, 7) is 0. The van der Waals surface area contributed by atoms with Gasteiger partial charge in [-0.1, -0.05) is 42.8 Å². The summed E-state index contributed by atoms with van der Waals surface area (Å²) in [5.41, 5.74) is 4.80. The van der Waals surface area contributed by atoms with Gasteiger partial charge in [0.1, 0.15) is 5.75 Å². The Bertz CT molecular complexity index is 624. The smallest absolute Gasteiger partial charge is 0.261 e. The van der Waals surface area contributed by atoms with E-state index in [2.05, 4.69) is 0 Å². The predicted molar refractivity (Wildman–Crippen MR) is 79.6 cm³/mol. The van der Waals surface area contributed by atoms with Gasteiger partial charge in [-0.05, 0) is 37.1 Å². The fraction of sp³-hybridized carbons (Fsp3) is 0.353. The lowest BCUT2D eigenvalue weighted by Gasteiger charge is -2.35. The Kier molecular flexibility index (Phi) is 3.35. The highest BCUT2D eigenvalue weighted by atomic mass is 16.5. The van der Waals surface area contributed by atoms with Gasteiger partial charge in [-0.25, -0.2) is 0 Å². The fourth-order valence-electron chi connectivity index (χ4n) is 3.02. The van der Waals surface area contributed by atoms with Crippen molar-refractivity contribution in [2.75, 3.05) is 0 Å². The lowest BCUT2D eigenvalue weighted by Crippen LogP contribution is -2.50. The van der Waals surface area contributed by atoms with Crippen molar-refractivity contribution in [2.24, 2.45) is 5.73 Å². The number of amides is 1. The number of nitrogens with two attached hydrogens (primary N) is 1. The predicted octanol–water partition coefficient (Wildman–Crippen LogP) is 3.41. The number of rotatable bonds is 3. The zero-order valence-electron chi connectivity index (χ0n) is 11.5. The monoisotopic (exact) mass is 269 g/mol. The number of hydrogen-bond donors (Lipinski definition) is 1. The van der Waals surface area contributed by atoms with Crippen LogP contribution in [0.25, 0.3) is 10.8 Å². The fourth-order valence-corrected chi connectivity index (χ4v) is 3.02. The topological polar surface area (TPSA) is 52.3 Å². The van der Waals surface area contributed by atoms with Gasteiger partial charge >= 0.3 is 0 Å². The van der Waals surface area contributed by atoms with Gasteiger partial charge in [0.15, 0.2) is 5.60 Å². The highest BCUT2D eigenvalue weighted by molar-refractivity contribution is 5.89. The molecule has 104 valence electrons. The summed E-state index contributed by atoms with van der Waals surface area (Å²) in [6.07, 6.45) is 4.56. The highest BCUT2D eigenvalue weighted by Gasteiger charge is 2.40. The van der Waals surface area contributed by atoms with Crippen molar-refractivity contribution in [2.45, 2.75) is 37.7 Å². The summed E-state index contributed by atoms with van der Waals surface area (Å²) in [6, 6.07) is 13.9. The number of hydrogen-bond acceptors (Lipinski definition) is 2. The lowest BCUT2D eigenvalue weighted by molar-refractivity contribution is -0.136. The van der Waals surface area contributed by atoms with Crippen LogP contribution in [0.4, 0.5) is 0 Å². The van der Waals surface area contributed by atoms with Crippen LogP contribution in [0.15, 0.2) is 42.5 Å². The molecule has 2 aromatic rings. The van der Waals surface area contributed by atoms with Crippen molar-refractivity contribution in [1.82, 2.24) is 0 Å². The van der Waals surface area contributed by atoms with Gasteiger partial charge in [0.05, 0.1) is 0 Å². The molecule has 0 spiro atoms. The third kappa shape index (κ3) is 2.24. The van der Waals surface area contributed by atoms with Crippen molar-refractivity contribution in [3.05, 3.63) is 42.5 Å². The Labute approximate surface area is 118 Å². The average molecular weight is 269 g/mol. The van der Waals surface area contributed by atoms with Crippen LogP contribution >= 0.6 is 0 Å². The summed E-state index contributed by atoms with van der Waals surface area (Å²) < 4.78 is 6.14. The van der Waals surface area contributed by atoms with Crippen LogP contribution in [0.3, 0.4) is 0 Å². The molecule has 3 heteroatoms. The summed E-state index contributed by atoms with van der Waals surface area (Å²) in [5, 5.41) is 2.14. The molecule has 0 aliphatic heterocycles. The van der Waals surface area contributed by atoms with Crippen molar-refractivity contribution in [3.63, 3.8) is 0 Å². The summed E-state index contributed by atoms with van der Waals surface area (Å²) in [7, 11) is 0. The van der Waals surface area contributed by atoms with Gasteiger partial charge in [-0.3, -0.25) is 4.79 Å². The summed E-state index contributed by atoms with van der Waals surface area (Å²) in [5.74, 6) is 0.411. The molecule has 0 aromatic heterocycles. The largest absolute Gasteiger partial charge is 0.477 e. The first-order chi connectivity index (χ1) is 9.71. The molecule has 3 rings (SSSR count). The Morgan fingerprint density at radius 1 is 1.00 bits per heavy atom. The van der Waals surface area contributed by atoms with Crippen LogP contribution in [0.1, 0.15) is 32.1 Å². The number of ether oxygens (including phenoxy) is 1. The zero-order chi connectivity index (χ0) is 14.0. The second-order valence-electron chi connectivity index (χ2n) is 5.50. The second kappa shape index (κ2) is 5.16. The molecule has 2 N–H and O–H groups in total. The Balaban J connectivity index is 2.00. The third-order valence-corrected chi connectivity index (χ3v) is 4.17. The molecule has 1 saturated carbocycles. The minimum Gasteiger partial charge on any atom is -0.477 e. The standard InChI is InChI=1S/C17H19NO2/c18-16(19)17(11-4-1-5-12-17)20-15-10-6-8-13-7-2-3-9-14(13)15/h2-3,6-10H,1,4-5,11-12H2,(H2,18,19). The molecule has 0 bridgehead atoms. The zero-order valence-corrected chi connectivity index (χ0v) is 11.5. The number of carbonyl (C=O) groups excluding carboxylic acids is 1. The van der Waals surface area contributed by atoms with E-state index in [1.807, 2.05) is 42.5 Å². The van der Waals surface area contributed by atoms with Gasteiger partial charge in [0.2, 0.25) is 0 Å². The molecule has 1 aliphatic rings. The molecular weight excluding hydrogens is 250 g/mol. The van der Waals surface area contributed by atoms with Crippen molar-refractivity contribution < 1.29 is 9.53 Å². The van der Waals surface area contributed by atoms with Crippen molar-refractivity contribution >= 4 is 16.7 Å². The van der Waals surface area contributed by atoms with E-state index in [-0.39, 0.29) is 5.91 Å². The van der Waals surface area contributed by atoms with Gasteiger partial charge < -0.3 is 10.5 Å². The maximum atomic E-state index is 11.9. The van der Waals surface area contributed by atoms with E-state index >= 15 is 0 Å². The van der Waals surface area contributed by atoms with Crippen molar-refractivity contribution in [3.8, 4) is 5.75 Å². The first-order valence-electron chi connectivity index (χ1n) is 7.18. The van der Waals surface area contributed by atoms with E-state index in [1.54, 1.807) is 0 Å². The van der Waals surface area contributed by atoms with Crippen LogP contribution in [-0.4, -0.2) is 11.5 Å². The third-order valence-electron chi connectivity index (χ3n) is 4.17. The van der Waals surface area contributed by atoms with Crippen LogP contribution < -0.4 is 10.5 Å². The molecule has 1 aliphatic carbocycles. The van der Waals surface area contributed by atoms with Gasteiger partial charge in [-0.2, -0.15) is 0 Å². The maximum Gasteiger partial charge on any atom is 0.261 e. The quantitative estimate of drug-likeness (QED) is 0.928. The summed E-state index contributed by atoms with van der Waals surface area (Å²) in [4.78, 5) is 11.9. The molecule has 2 aromatic carbocycles. The number of fused-ring (bicyclic) bond motifs is 1. The van der Waals surface area contributed by atoms with Gasteiger partial charge in [0, 0.05) is 5.39 Å². The summed E-state index contributed by atoms with van der Waals surface area (Å²) >= 11 is 0. The molecule has 1 amide bonds. The van der Waals surface area contributed by atoms with E-state index in [4.69, 9.17) is 10.5 Å². The molecule has 20 heavy (non-hydrogen) atoms. The average Bonchev–Trinajstić information content (AvgIpc) is 2.48. The van der Waals surface area contributed by atoms with Crippen molar-refractivity contribution in [1.29, 1.82) is 0 Å². The molecule has 1 fully saturated rings. The minimum absolute atomic E-state index is 0.342.